The first-order chi connectivity index (χ1) is 11.3. The zero-order chi connectivity index (χ0) is 20.9. The molecule has 0 aromatic carbocycles. The van der Waals surface area contributed by atoms with Gasteiger partial charge < -0.3 is 70.2 Å². The molecule has 1 amide bonds. The number of hydrogen-bond donors (Lipinski definition) is 4. The van der Waals surface area contributed by atoms with Crippen LogP contribution in [0.2, 0.25) is 0 Å². The summed E-state index contributed by atoms with van der Waals surface area (Å²) >= 11 is 1.84. The van der Waals surface area contributed by atoms with Crippen LogP contribution in [0.1, 0.15) is 50.0 Å². The van der Waals surface area contributed by atoms with E-state index in [4.69, 9.17) is 26.5 Å². The van der Waals surface area contributed by atoms with Crippen LogP contribution in [0, 0.1) is 45.9 Å². The van der Waals surface area contributed by atoms with Crippen LogP contribution in [-0.4, -0.2) is 38.6 Å². The summed E-state index contributed by atoms with van der Waals surface area (Å²) in [5.41, 5.74) is 4.04. The molecule has 15 heteroatoms. The Hall–Kier alpha value is 1.33. The number of nitrogens with zero attached hydrogens (tertiary/aromatic N) is 4. The molecule has 0 radical (unpaired) electrons. The van der Waals surface area contributed by atoms with E-state index in [2.05, 4.69) is 70.2 Å². The van der Waals surface area contributed by atoms with Crippen molar-refractivity contribution in [2.24, 2.45) is 5.73 Å². The largest absolute Gasteiger partial charge is 2.00 e. The summed E-state index contributed by atoms with van der Waals surface area (Å²) in [7, 11) is 3.50. The molecule has 30 heavy (non-hydrogen) atoms. The minimum absolute atomic E-state index is 0. The summed E-state index contributed by atoms with van der Waals surface area (Å²) < 4.78 is 0. The van der Waals surface area contributed by atoms with E-state index >= 15 is 0 Å². The number of nitrogens with two attached hydrogens (primary N) is 1. The molecule has 1 heterocycles. The Morgan fingerprint density at radius 2 is 1.10 bits per heavy atom. The minimum Gasteiger partial charge on any atom is -0.665 e. The number of hydrogen-bond acceptors (Lipinski definition) is 7. The van der Waals surface area contributed by atoms with Gasteiger partial charge in [0.25, 0.3) is 0 Å². The quantitative estimate of drug-likeness (QED) is 0.131. The molecule has 0 unspecified atom stereocenters. The number of nitrogens with one attached hydrogen (secondary N) is 1. The van der Waals surface area contributed by atoms with Gasteiger partial charge in [-0.15, -0.1) is 9.80 Å². The summed E-state index contributed by atoms with van der Waals surface area (Å²) in [5.74, 6) is 0. The zero-order valence-corrected chi connectivity index (χ0v) is 30.2. The number of amides is 1. The Morgan fingerprint density at radius 1 is 0.933 bits per heavy atom. The normalized spacial score (nSPS) is 3.20. The predicted molar refractivity (Wildman–Crippen MR) is 124 cm³/mol. The van der Waals surface area contributed by atoms with E-state index in [1.807, 2.05) is 21.2 Å². The van der Waals surface area contributed by atoms with E-state index in [1.165, 1.54) is 0 Å². The number of aliphatic hydroxyl groups excluding tert-OH is 1. The van der Waals surface area contributed by atoms with E-state index in [0.29, 0.717) is 6.47 Å². The van der Waals surface area contributed by atoms with Crippen molar-refractivity contribution in [1.29, 1.82) is 5.26 Å². The van der Waals surface area contributed by atoms with Gasteiger partial charge in [0.15, 0.2) is 0 Å². The van der Waals surface area contributed by atoms with E-state index in [9.17, 15) is 0 Å². The van der Waals surface area contributed by atoms with Crippen LogP contribution in [0.5, 0.6) is 0 Å². The molecule has 4 N–H and O–H groups in total. The second-order valence-corrected chi connectivity index (χ2v) is 0.721. The minimum atomic E-state index is 0. The number of H-pyrrole nitrogens is 1. The molecule has 0 bridgehead atoms. The van der Waals surface area contributed by atoms with Crippen molar-refractivity contribution in [3.05, 3.63) is 40.6 Å². The number of aromatic nitrogens is 4. The smallest absolute Gasteiger partial charge is 0.665 e. The summed E-state index contributed by atoms with van der Waals surface area (Å²) in [5, 5.41) is 24.8. The van der Waals surface area contributed by atoms with E-state index in [0.717, 1.165) is 6.41 Å². The van der Waals surface area contributed by atoms with Crippen LogP contribution in [-0.2, 0) is 93.9 Å². The van der Waals surface area contributed by atoms with Crippen molar-refractivity contribution in [3.63, 3.8) is 0 Å². The third-order valence-corrected chi connectivity index (χ3v) is 0.239. The van der Waals surface area contributed by atoms with E-state index in [-0.39, 0.29) is 107 Å². The fourth-order valence-electron chi connectivity index (χ4n) is 0.112. The molecule has 1 aromatic rings. The van der Waals surface area contributed by atoms with Gasteiger partial charge in [-0.2, -0.15) is 34.1 Å². The molecular formula is C15H37IN6O3SW4. The van der Waals surface area contributed by atoms with Crippen molar-refractivity contribution in [2.45, 2.75) is 50.0 Å². The fourth-order valence-corrected chi connectivity index (χ4v) is 0.112. The van der Waals surface area contributed by atoms with Crippen LogP contribution in [0.25, 0.3) is 0 Å². The van der Waals surface area contributed by atoms with Crippen LogP contribution < -0.4 is 5.73 Å². The molecule has 0 aliphatic carbocycles. The molecule has 0 aliphatic rings. The maximum absolute atomic E-state index is 8.46. The molecule has 1 rings (SSSR count). The van der Waals surface area contributed by atoms with Crippen molar-refractivity contribution < 1.29 is 99.0 Å². The van der Waals surface area contributed by atoms with Crippen molar-refractivity contribution >= 4 is 43.9 Å². The van der Waals surface area contributed by atoms with Gasteiger partial charge in [0.05, 0.1) is 0 Å². The molecule has 9 nitrogen and oxygen atoms in total. The van der Waals surface area contributed by atoms with Gasteiger partial charge in [-0.25, -0.2) is 11.5 Å². The maximum Gasteiger partial charge on any atom is 2.00 e. The van der Waals surface area contributed by atoms with Gasteiger partial charge in [-0.3, -0.25) is 0 Å². The number of halogens is 1. The number of primary amides is 1. The zero-order valence-electron chi connectivity index (χ0n) is 15.4. The number of carbonyl (C=O) groups excluding carboxylic acids is 1. The Morgan fingerprint density at radius 3 is 1.13 bits per heavy atom. The summed E-state index contributed by atoms with van der Waals surface area (Å²) in [4.78, 5) is 16.7. The first-order valence-electron chi connectivity index (χ1n) is 5.24. The molecule has 0 atom stereocenters. The van der Waals surface area contributed by atoms with Crippen LogP contribution in [0.3, 0.4) is 0 Å². The Labute approximate surface area is 262 Å². The van der Waals surface area contributed by atoms with Gasteiger partial charge in [-0.05, 0) is 21.2 Å². The molecule has 0 fully saturated rings. The first-order valence-corrected chi connectivity index (χ1v) is 8.47. The molecule has 0 spiro atoms. The number of rotatable bonds is 0. The van der Waals surface area contributed by atoms with Crippen LogP contribution in [0.4, 0.5) is 0 Å². The molecule has 1 aromatic heterocycles. The average molecular weight is 1240 g/mol. The standard InChI is InChI=1S/4C2H5.CHN4.CH2NO.CN.CHO2.3CH4.HIS.4W/c4*1-2;1-2-4-5-3-1;2-1-3;1-2;2-1-3;;;;1-2;;;;/h4*1H2,2H3;(H,2,3,4,5);(H2,2,3);;(H,2,3);3*1H4;2H;;;;/q8*-1;;;;;4*+2. The average Bonchev–Trinajstić information content (AvgIpc) is 3.26. The third kappa shape index (κ3) is 587. The second-order valence-electron chi connectivity index (χ2n) is 0.721. The number of tetrazole rings is 1. The molecule has 0 saturated heterocycles. The summed E-state index contributed by atoms with van der Waals surface area (Å²) in [6, 6.07) is 0. The fraction of sp³-hybridized carbons (Fsp3) is 0.467. The summed E-state index contributed by atoms with van der Waals surface area (Å²) in [6.45, 7) is 25.2. The molecule has 0 aliphatic heterocycles. The third-order valence-electron chi connectivity index (χ3n) is 0.239. The summed E-state index contributed by atoms with van der Waals surface area (Å²) in [6.07, 6.45) is 3.19. The number of thiol groups is 1. The maximum atomic E-state index is 8.46. The number of aromatic amines is 1. The van der Waals surface area contributed by atoms with Crippen LogP contribution >= 0.6 is 31.0 Å². The van der Waals surface area contributed by atoms with Crippen molar-refractivity contribution in [2.75, 3.05) is 0 Å². The van der Waals surface area contributed by atoms with Gasteiger partial charge >= 0.3 is 84.3 Å². The van der Waals surface area contributed by atoms with Gasteiger partial charge in [0, 0.05) is 0 Å². The first kappa shape index (κ1) is 108. The predicted octanol–water partition coefficient (Wildman–Crippen LogP) is 4.25. The van der Waals surface area contributed by atoms with Crippen molar-refractivity contribution in [3.8, 4) is 0 Å². The molecule has 182 valence electrons. The SMILES string of the molecule is C.C.C.N[C-]=O.O=[C-]O.SI.[C-]#N.[CH2-]C.[CH2-]C.[CH2-]C.[CH2-]C.[W+2].[W+2].[W+2].[W+2].[c-]1nn[nH]n1. The van der Waals surface area contributed by atoms with E-state index < -0.39 is 0 Å². The van der Waals surface area contributed by atoms with Gasteiger partial charge in [-0.1, -0.05) is 34.0 Å². The van der Waals surface area contributed by atoms with Crippen LogP contribution in [0.15, 0.2) is 0 Å². The Balaban J connectivity index is -0.00000000649. The monoisotopic (exact) mass is 1240 g/mol. The Kier molecular flexibility index (Phi) is 1350. The topological polar surface area (TPSA) is 159 Å². The molecular weight excluding hydrogens is 1210 g/mol. The van der Waals surface area contributed by atoms with Crippen molar-refractivity contribution in [1.82, 2.24) is 20.6 Å². The van der Waals surface area contributed by atoms with Gasteiger partial charge in [0.2, 0.25) is 0 Å². The second kappa shape index (κ2) is 376. The Bertz CT molecular complexity index is 202. The molecule has 0 saturated carbocycles. The van der Waals surface area contributed by atoms with E-state index in [1.54, 1.807) is 27.7 Å². The van der Waals surface area contributed by atoms with Gasteiger partial charge in [0.1, 0.15) is 0 Å².